The van der Waals surface area contributed by atoms with E-state index in [0.717, 1.165) is 12.1 Å². The standard InChI is InChI=1S/C21H14Cl3F3N2O5S/c1-10-6-15(24)19(35(31,32)33)9-18(10)34-17-5-2-11(22)7-16(17)29-20(30)28-12-3-4-14(23)13(8-12)21(25,26)27/h2-9H,1H3,(H2,28,29,30)(H,31,32,33). The van der Waals surface area contributed by atoms with Crippen molar-refractivity contribution >= 4 is 62.3 Å². The summed E-state index contributed by atoms with van der Waals surface area (Å²) >= 11 is 17.5. The van der Waals surface area contributed by atoms with Gasteiger partial charge in [-0.1, -0.05) is 34.8 Å². The Balaban J connectivity index is 1.89. The van der Waals surface area contributed by atoms with Gasteiger partial charge in [-0.05, 0) is 55.0 Å². The minimum atomic E-state index is -4.73. The summed E-state index contributed by atoms with van der Waals surface area (Å²) in [7, 11) is -4.65. The average molecular weight is 570 g/mol. The molecule has 3 N–H and O–H groups in total. The van der Waals surface area contributed by atoms with Crippen LogP contribution in [0, 0.1) is 6.92 Å². The number of hydrogen-bond acceptors (Lipinski definition) is 4. The van der Waals surface area contributed by atoms with Gasteiger partial charge >= 0.3 is 12.2 Å². The summed E-state index contributed by atoms with van der Waals surface area (Å²) in [5, 5.41) is 4.08. The first-order valence-electron chi connectivity index (χ1n) is 9.35. The zero-order valence-corrected chi connectivity index (χ0v) is 20.5. The highest BCUT2D eigenvalue weighted by Gasteiger charge is 2.33. The number of benzene rings is 3. The Morgan fingerprint density at radius 1 is 0.943 bits per heavy atom. The Hall–Kier alpha value is -2.70. The molecule has 0 unspecified atom stereocenters. The predicted octanol–water partition coefficient (Wildman–Crippen LogP) is 7.66. The molecular formula is C21H14Cl3F3N2O5S. The second-order valence-corrected chi connectivity index (χ2v) is 9.68. The largest absolute Gasteiger partial charge is 0.455 e. The fraction of sp³-hybridized carbons (Fsp3) is 0.0952. The van der Waals surface area contributed by atoms with Gasteiger partial charge in [0.25, 0.3) is 10.1 Å². The molecule has 0 aliphatic carbocycles. The third-order valence-corrected chi connectivity index (χ3v) is 6.33. The quantitative estimate of drug-likeness (QED) is 0.274. The van der Waals surface area contributed by atoms with E-state index in [4.69, 9.17) is 39.5 Å². The molecule has 3 aromatic carbocycles. The van der Waals surface area contributed by atoms with Gasteiger partial charge in [-0.25, -0.2) is 4.79 Å². The lowest BCUT2D eigenvalue weighted by Gasteiger charge is -2.16. The maximum atomic E-state index is 13.1. The summed E-state index contributed by atoms with van der Waals surface area (Å²) in [5.74, 6) is -0.0105. The van der Waals surface area contributed by atoms with E-state index in [0.29, 0.717) is 11.6 Å². The lowest BCUT2D eigenvalue weighted by atomic mass is 10.2. The molecule has 14 heteroatoms. The van der Waals surface area contributed by atoms with Gasteiger partial charge in [0.15, 0.2) is 5.75 Å². The van der Waals surface area contributed by atoms with Crippen molar-refractivity contribution in [3.05, 3.63) is 74.7 Å². The maximum Gasteiger partial charge on any atom is 0.417 e. The van der Waals surface area contributed by atoms with Crippen molar-refractivity contribution in [2.75, 3.05) is 10.6 Å². The van der Waals surface area contributed by atoms with Crippen LogP contribution < -0.4 is 15.4 Å². The third-order valence-electron chi connectivity index (χ3n) is 4.45. The van der Waals surface area contributed by atoms with Crippen LogP contribution in [0.15, 0.2) is 53.4 Å². The molecule has 0 saturated heterocycles. The van der Waals surface area contributed by atoms with E-state index in [1.807, 2.05) is 0 Å². The summed E-state index contributed by atoms with van der Waals surface area (Å²) < 4.78 is 77.4. The summed E-state index contributed by atoms with van der Waals surface area (Å²) in [6.45, 7) is 1.56. The Labute approximate surface area is 212 Å². The van der Waals surface area contributed by atoms with Gasteiger partial charge in [-0.15, -0.1) is 0 Å². The van der Waals surface area contributed by atoms with Gasteiger partial charge in [-0.3, -0.25) is 4.55 Å². The lowest BCUT2D eigenvalue weighted by Crippen LogP contribution is -2.20. The maximum absolute atomic E-state index is 13.1. The predicted molar refractivity (Wildman–Crippen MR) is 127 cm³/mol. The van der Waals surface area contributed by atoms with Crippen molar-refractivity contribution in [2.45, 2.75) is 18.0 Å². The van der Waals surface area contributed by atoms with E-state index in [9.17, 15) is 30.9 Å². The Bertz CT molecular complexity index is 1420. The molecular weight excluding hydrogens is 556 g/mol. The first-order chi connectivity index (χ1) is 16.1. The van der Waals surface area contributed by atoms with Gasteiger partial charge in [0.2, 0.25) is 0 Å². The topological polar surface area (TPSA) is 105 Å². The number of carbonyl (C=O) groups is 1. The zero-order valence-electron chi connectivity index (χ0n) is 17.4. The molecule has 3 rings (SSSR count). The van der Waals surface area contributed by atoms with Crippen LogP contribution in [0.3, 0.4) is 0 Å². The minimum absolute atomic E-state index is 0.00256. The van der Waals surface area contributed by atoms with Gasteiger partial charge < -0.3 is 15.4 Å². The SMILES string of the molecule is Cc1cc(Cl)c(S(=O)(=O)O)cc1Oc1ccc(Cl)cc1NC(=O)Nc1ccc(Cl)c(C(F)(F)F)c1. The molecule has 7 nitrogen and oxygen atoms in total. The second kappa shape index (κ2) is 10.1. The molecule has 0 radical (unpaired) electrons. The zero-order chi connectivity index (χ0) is 26.1. The number of anilines is 2. The Kier molecular flexibility index (Phi) is 7.77. The molecule has 0 aliphatic heterocycles. The third kappa shape index (κ3) is 6.71. The van der Waals surface area contributed by atoms with Crippen molar-refractivity contribution in [2.24, 2.45) is 0 Å². The van der Waals surface area contributed by atoms with Crippen LogP contribution in [-0.2, 0) is 16.3 Å². The Morgan fingerprint density at radius 2 is 1.63 bits per heavy atom. The number of ether oxygens (including phenoxy) is 1. The fourth-order valence-electron chi connectivity index (χ4n) is 2.85. The molecule has 0 heterocycles. The molecule has 0 bridgehead atoms. The summed E-state index contributed by atoms with van der Waals surface area (Å²) in [6.07, 6.45) is -4.73. The number of urea groups is 1. The molecule has 0 aliphatic rings. The van der Waals surface area contributed by atoms with Crippen LogP contribution in [0.1, 0.15) is 11.1 Å². The number of carbonyl (C=O) groups excluding carboxylic acids is 1. The van der Waals surface area contributed by atoms with Crippen molar-refractivity contribution in [3.8, 4) is 11.5 Å². The van der Waals surface area contributed by atoms with Crippen LogP contribution in [-0.4, -0.2) is 19.0 Å². The minimum Gasteiger partial charge on any atom is -0.455 e. The first kappa shape index (κ1) is 26.9. The van der Waals surface area contributed by atoms with Crippen molar-refractivity contribution in [1.82, 2.24) is 0 Å². The summed E-state index contributed by atoms with van der Waals surface area (Å²) in [5.41, 5.74) is -0.914. The van der Waals surface area contributed by atoms with E-state index in [2.05, 4.69) is 10.6 Å². The second-order valence-electron chi connectivity index (χ2n) is 7.04. The molecule has 0 spiro atoms. The highest BCUT2D eigenvalue weighted by molar-refractivity contribution is 7.86. The van der Waals surface area contributed by atoms with E-state index >= 15 is 0 Å². The van der Waals surface area contributed by atoms with Gasteiger partial charge in [-0.2, -0.15) is 21.6 Å². The highest BCUT2D eigenvalue weighted by atomic mass is 35.5. The number of halogens is 6. The van der Waals surface area contributed by atoms with E-state index in [-0.39, 0.29) is 32.9 Å². The highest BCUT2D eigenvalue weighted by Crippen LogP contribution is 2.38. The number of hydrogen-bond donors (Lipinski definition) is 3. The average Bonchev–Trinajstić information content (AvgIpc) is 2.71. The molecule has 0 saturated carbocycles. The number of amides is 2. The van der Waals surface area contributed by atoms with Crippen LogP contribution in [0.4, 0.5) is 29.3 Å². The molecule has 186 valence electrons. The van der Waals surface area contributed by atoms with Crippen LogP contribution in [0.25, 0.3) is 0 Å². The monoisotopic (exact) mass is 568 g/mol. The van der Waals surface area contributed by atoms with Gasteiger partial charge in [0.05, 0.1) is 21.3 Å². The van der Waals surface area contributed by atoms with E-state index in [1.54, 1.807) is 6.92 Å². The van der Waals surface area contributed by atoms with Gasteiger partial charge in [0.1, 0.15) is 10.6 Å². The number of aryl methyl sites for hydroxylation is 1. The molecule has 0 aromatic heterocycles. The molecule has 35 heavy (non-hydrogen) atoms. The number of alkyl halides is 3. The number of nitrogens with one attached hydrogen (secondary N) is 2. The van der Waals surface area contributed by atoms with E-state index in [1.165, 1.54) is 30.3 Å². The van der Waals surface area contributed by atoms with Crippen molar-refractivity contribution in [3.63, 3.8) is 0 Å². The Morgan fingerprint density at radius 3 is 2.26 bits per heavy atom. The van der Waals surface area contributed by atoms with E-state index < -0.39 is 37.8 Å². The summed E-state index contributed by atoms with van der Waals surface area (Å²) in [4.78, 5) is 11.9. The normalized spacial score (nSPS) is 11.8. The molecule has 0 fully saturated rings. The van der Waals surface area contributed by atoms with Crippen molar-refractivity contribution < 1.29 is 35.7 Å². The molecule has 3 aromatic rings. The van der Waals surface area contributed by atoms with Crippen LogP contribution >= 0.6 is 34.8 Å². The first-order valence-corrected chi connectivity index (χ1v) is 11.9. The summed E-state index contributed by atoms with van der Waals surface area (Å²) in [6, 6.07) is 8.25. The molecule has 0 atom stereocenters. The smallest absolute Gasteiger partial charge is 0.417 e. The lowest BCUT2D eigenvalue weighted by molar-refractivity contribution is -0.137. The van der Waals surface area contributed by atoms with Gasteiger partial charge in [0, 0.05) is 16.8 Å². The fourth-order valence-corrected chi connectivity index (χ4v) is 4.32. The van der Waals surface area contributed by atoms with Crippen LogP contribution in [0.2, 0.25) is 15.1 Å². The molecule has 2 amide bonds. The van der Waals surface area contributed by atoms with Crippen molar-refractivity contribution in [1.29, 1.82) is 0 Å². The number of rotatable bonds is 5. The van der Waals surface area contributed by atoms with Crippen LogP contribution in [0.5, 0.6) is 11.5 Å².